The van der Waals surface area contributed by atoms with E-state index in [0.29, 0.717) is 26.2 Å². The Morgan fingerprint density at radius 3 is 2.57 bits per heavy atom. The van der Waals surface area contributed by atoms with E-state index in [1.807, 2.05) is 0 Å². The molecule has 2 aliphatic heterocycles. The molecule has 2 fully saturated rings. The predicted octanol–water partition coefficient (Wildman–Crippen LogP) is -0.828. The van der Waals surface area contributed by atoms with Crippen LogP contribution in [0.3, 0.4) is 0 Å². The summed E-state index contributed by atoms with van der Waals surface area (Å²) in [5, 5.41) is 9.00. The van der Waals surface area contributed by atoms with Crippen molar-refractivity contribution >= 4 is 10.0 Å². The molecule has 1 atom stereocenters. The molecule has 0 spiro atoms. The number of rotatable bonds is 2. The van der Waals surface area contributed by atoms with E-state index in [0.717, 1.165) is 6.42 Å². The van der Waals surface area contributed by atoms with Gasteiger partial charge in [0, 0.05) is 13.1 Å². The second-order valence-corrected chi connectivity index (χ2v) is 6.07. The summed E-state index contributed by atoms with van der Waals surface area (Å²) in [7, 11) is -3.21. The Hall–Kier alpha value is -0.170. The summed E-state index contributed by atoms with van der Waals surface area (Å²) in [6.45, 7) is 1.39. The molecule has 2 rings (SSSR count). The van der Waals surface area contributed by atoms with Crippen LogP contribution in [0.15, 0.2) is 0 Å². The molecule has 2 aliphatic rings. The second kappa shape index (κ2) is 3.77. The molecule has 0 aromatic rings. The third-order valence-corrected chi connectivity index (χ3v) is 4.91. The highest BCUT2D eigenvalue weighted by Crippen LogP contribution is 2.21. The summed E-state index contributed by atoms with van der Waals surface area (Å²) in [6.07, 6.45) is 0.945. The molecule has 0 amide bonds. The number of hydrogen-bond acceptors (Lipinski definition) is 4. The Balaban J connectivity index is 2.05. The lowest BCUT2D eigenvalue weighted by atomic mass is 10.1. The molecular formula is C8H15NO4S. The van der Waals surface area contributed by atoms with Crippen LogP contribution in [0.4, 0.5) is 0 Å². The van der Waals surface area contributed by atoms with Crippen molar-refractivity contribution in [2.24, 2.45) is 0 Å². The molecule has 0 aromatic heterocycles. The molecular weight excluding hydrogens is 206 g/mol. The molecule has 0 bridgehead atoms. The molecule has 82 valence electrons. The van der Waals surface area contributed by atoms with Gasteiger partial charge in [-0.3, -0.25) is 0 Å². The van der Waals surface area contributed by atoms with Gasteiger partial charge in [-0.1, -0.05) is 0 Å². The lowest BCUT2D eigenvalue weighted by Gasteiger charge is -2.35. The van der Waals surface area contributed by atoms with Crippen LogP contribution in [0.1, 0.15) is 12.8 Å². The number of piperidine rings is 1. The molecule has 5 nitrogen and oxygen atoms in total. The minimum Gasteiger partial charge on any atom is -0.392 e. The monoisotopic (exact) mass is 221 g/mol. The van der Waals surface area contributed by atoms with Crippen molar-refractivity contribution in [3.8, 4) is 0 Å². The van der Waals surface area contributed by atoms with E-state index in [9.17, 15) is 13.5 Å². The first-order valence-electron chi connectivity index (χ1n) is 4.85. The Labute approximate surface area is 83.7 Å². The molecule has 2 heterocycles. The Morgan fingerprint density at radius 2 is 2.07 bits per heavy atom. The maximum absolute atomic E-state index is 11.8. The number of β-amino-alcohol motifs (C(OH)–C–C–N with tert-alkyl or cyclic N) is 1. The summed E-state index contributed by atoms with van der Waals surface area (Å²) in [5.41, 5.74) is 0. The molecule has 14 heavy (non-hydrogen) atoms. The van der Waals surface area contributed by atoms with Crippen LogP contribution < -0.4 is 0 Å². The zero-order valence-electron chi connectivity index (χ0n) is 7.92. The fourth-order valence-electron chi connectivity index (χ4n) is 1.75. The number of aliphatic hydroxyl groups is 1. The molecule has 6 heteroatoms. The second-order valence-electron chi connectivity index (χ2n) is 3.86. The minimum atomic E-state index is -3.21. The van der Waals surface area contributed by atoms with Gasteiger partial charge in [0.1, 0.15) is 5.25 Å². The van der Waals surface area contributed by atoms with Crippen molar-refractivity contribution < 1.29 is 18.3 Å². The SMILES string of the molecule is O=S(=O)(C1COC1)N1CCC[C@@H](O)C1. The average molecular weight is 221 g/mol. The predicted molar refractivity (Wildman–Crippen MR) is 50.3 cm³/mol. The van der Waals surface area contributed by atoms with E-state index in [2.05, 4.69) is 0 Å². The summed E-state index contributed by atoms with van der Waals surface area (Å²) in [5.74, 6) is 0. The first kappa shape index (κ1) is 10.4. The van der Waals surface area contributed by atoms with Gasteiger partial charge in [-0.15, -0.1) is 0 Å². The largest absolute Gasteiger partial charge is 0.392 e. The highest BCUT2D eigenvalue weighted by molar-refractivity contribution is 7.89. The summed E-state index contributed by atoms with van der Waals surface area (Å²) < 4.78 is 30.0. The fourth-order valence-corrected chi connectivity index (χ4v) is 3.47. The van der Waals surface area contributed by atoms with Gasteiger partial charge < -0.3 is 9.84 Å². The van der Waals surface area contributed by atoms with Crippen molar-refractivity contribution in [3.63, 3.8) is 0 Å². The number of aliphatic hydroxyl groups excluding tert-OH is 1. The number of nitrogens with zero attached hydrogens (tertiary/aromatic N) is 1. The van der Waals surface area contributed by atoms with Crippen LogP contribution >= 0.6 is 0 Å². The van der Waals surface area contributed by atoms with Crippen LogP contribution in [-0.4, -0.2) is 55.5 Å². The van der Waals surface area contributed by atoms with Gasteiger partial charge in [0.25, 0.3) is 0 Å². The quantitative estimate of drug-likeness (QED) is 0.661. The van der Waals surface area contributed by atoms with Gasteiger partial charge in [-0.25, -0.2) is 8.42 Å². The van der Waals surface area contributed by atoms with Gasteiger partial charge in [0.05, 0.1) is 19.3 Å². The van der Waals surface area contributed by atoms with E-state index >= 15 is 0 Å². The first-order valence-corrected chi connectivity index (χ1v) is 6.36. The minimum absolute atomic E-state index is 0.249. The van der Waals surface area contributed by atoms with Gasteiger partial charge in [-0.2, -0.15) is 4.31 Å². The van der Waals surface area contributed by atoms with Crippen LogP contribution in [-0.2, 0) is 14.8 Å². The lowest BCUT2D eigenvalue weighted by molar-refractivity contribution is 0.0366. The van der Waals surface area contributed by atoms with Crippen molar-refractivity contribution in [2.75, 3.05) is 26.3 Å². The smallest absolute Gasteiger partial charge is 0.221 e. The zero-order chi connectivity index (χ0) is 10.2. The third kappa shape index (κ3) is 1.79. The molecule has 2 saturated heterocycles. The normalized spacial score (nSPS) is 31.4. The Morgan fingerprint density at radius 1 is 1.36 bits per heavy atom. The Bertz CT molecular complexity index is 298. The van der Waals surface area contributed by atoms with E-state index in [4.69, 9.17) is 4.74 Å². The van der Waals surface area contributed by atoms with E-state index in [1.54, 1.807) is 0 Å². The number of hydrogen-bond donors (Lipinski definition) is 1. The van der Waals surface area contributed by atoms with E-state index in [-0.39, 0.29) is 11.8 Å². The number of ether oxygens (including phenoxy) is 1. The molecule has 1 N–H and O–H groups in total. The van der Waals surface area contributed by atoms with Crippen LogP contribution in [0, 0.1) is 0 Å². The summed E-state index contributed by atoms with van der Waals surface area (Å²) >= 11 is 0. The van der Waals surface area contributed by atoms with Crippen LogP contribution in [0.5, 0.6) is 0 Å². The number of sulfonamides is 1. The Kier molecular flexibility index (Phi) is 2.79. The maximum atomic E-state index is 11.8. The molecule has 0 aliphatic carbocycles. The molecule has 0 radical (unpaired) electrons. The van der Waals surface area contributed by atoms with Crippen molar-refractivity contribution in [2.45, 2.75) is 24.2 Å². The van der Waals surface area contributed by atoms with E-state index in [1.165, 1.54) is 4.31 Å². The molecule has 0 unspecified atom stereocenters. The van der Waals surface area contributed by atoms with Gasteiger partial charge in [-0.05, 0) is 12.8 Å². The van der Waals surface area contributed by atoms with Gasteiger partial charge in [0.15, 0.2) is 0 Å². The fraction of sp³-hybridized carbons (Fsp3) is 1.00. The van der Waals surface area contributed by atoms with Crippen molar-refractivity contribution in [3.05, 3.63) is 0 Å². The highest BCUT2D eigenvalue weighted by Gasteiger charge is 2.38. The van der Waals surface area contributed by atoms with E-state index < -0.39 is 16.1 Å². The lowest BCUT2D eigenvalue weighted by Crippen LogP contribution is -2.52. The van der Waals surface area contributed by atoms with Crippen LogP contribution in [0.2, 0.25) is 0 Å². The summed E-state index contributed by atoms with van der Waals surface area (Å²) in [6, 6.07) is 0. The zero-order valence-corrected chi connectivity index (χ0v) is 8.74. The van der Waals surface area contributed by atoms with Crippen LogP contribution in [0.25, 0.3) is 0 Å². The first-order chi connectivity index (χ1) is 6.60. The summed E-state index contributed by atoms with van der Waals surface area (Å²) in [4.78, 5) is 0. The topological polar surface area (TPSA) is 66.8 Å². The van der Waals surface area contributed by atoms with Crippen molar-refractivity contribution in [1.82, 2.24) is 4.31 Å². The third-order valence-electron chi connectivity index (χ3n) is 2.75. The van der Waals surface area contributed by atoms with Gasteiger partial charge in [0.2, 0.25) is 10.0 Å². The molecule has 0 saturated carbocycles. The van der Waals surface area contributed by atoms with Crippen molar-refractivity contribution in [1.29, 1.82) is 0 Å². The highest BCUT2D eigenvalue weighted by atomic mass is 32.2. The standard InChI is InChI=1S/C8H15NO4S/c10-7-2-1-3-9(4-7)14(11,12)8-5-13-6-8/h7-8,10H,1-6H2/t7-/m1/s1. The maximum Gasteiger partial charge on any atom is 0.221 e. The molecule has 0 aromatic carbocycles. The average Bonchev–Trinajstić information content (AvgIpc) is 2.00. The van der Waals surface area contributed by atoms with Gasteiger partial charge >= 0.3 is 0 Å².